The van der Waals surface area contributed by atoms with Gasteiger partial charge < -0.3 is 9.84 Å². The third-order valence-electron chi connectivity index (χ3n) is 3.45. The number of hydrogen-bond acceptors (Lipinski definition) is 3. The van der Waals surface area contributed by atoms with E-state index in [2.05, 4.69) is 25.3 Å². The highest BCUT2D eigenvalue weighted by Gasteiger charge is 2.25. The van der Waals surface area contributed by atoms with Crippen molar-refractivity contribution in [3.8, 4) is 0 Å². The van der Waals surface area contributed by atoms with Crippen molar-refractivity contribution in [3.05, 3.63) is 12.7 Å². The van der Waals surface area contributed by atoms with Gasteiger partial charge in [-0.05, 0) is 39.5 Å². The molecule has 3 nitrogen and oxygen atoms in total. The van der Waals surface area contributed by atoms with Crippen LogP contribution < -0.4 is 0 Å². The predicted octanol–water partition coefficient (Wildman–Crippen LogP) is 2.20. The first-order chi connectivity index (χ1) is 8.15. The maximum absolute atomic E-state index is 10.0. The first-order valence-corrected chi connectivity index (χ1v) is 6.77. The Balaban J connectivity index is 2.43. The zero-order valence-corrected chi connectivity index (χ0v) is 11.3. The lowest BCUT2D eigenvalue weighted by Gasteiger charge is -2.38. The van der Waals surface area contributed by atoms with Gasteiger partial charge in [0.1, 0.15) is 0 Å². The van der Waals surface area contributed by atoms with E-state index in [4.69, 9.17) is 4.74 Å². The van der Waals surface area contributed by atoms with Crippen LogP contribution in [-0.4, -0.2) is 48.0 Å². The van der Waals surface area contributed by atoms with Crippen LogP contribution in [0.25, 0.3) is 0 Å². The van der Waals surface area contributed by atoms with Crippen LogP contribution in [0.3, 0.4) is 0 Å². The minimum atomic E-state index is -0.238. The Bertz CT molecular complexity index is 212. The maximum Gasteiger partial charge on any atom is 0.0670 e. The smallest absolute Gasteiger partial charge is 0.0670 e. The highest BCUT2D eigenvalue weighted by molar-refractivity contribution is 4.80. The lowest BCUT2D eigenvalue weighted by atomic mass is 10.0. The number of allylic oxidation sites excluding steroid dienone is 1. The van der Waals surface area contributed by atoms with Crippen LogP contribution in [-0.2, 0) is 4.74 Å². The maximum atomic E-state index is 10.0. The van der Waals surface area contributed by atoms with E-state index in [1.54, 1.807) is 0 Å². The molecule has 1 fully saturated rings. The average Bonchev–Trinajstić information content (AvgIpc) is 2.34. The Morgan fingerprint density at radius 2 is 2.06 bits per heavy atom. The van der Waals surface area contributed by atoms with Crippen molar-refractivity contribution in [1.29, 1.82) is 0 Å². The molecule has 0 saturated carbocycles. The third kappa shape index (κ3) is 5.19. The molecule has 0 aromatic carbocycles. The van der Waals surface area contributed by atoms with E-state index < -0.39 is 0 Å². The van der Waals surface area contributed by atoms with E-state index in [9.17, 15) is 5.11 Å². The second-order valence-electron chi connectivity index (χ2n) is 5.15. The molecule has 1 saturated heterocycles. The van der Waals surface area contributed by atoms with Crippen LogP contribution >= 0.6 is 0 Å². The molecule has 0 radical (unpaired) electrons. The topological polar surface area (TPSA) is 32.7 Å². The average molecular weight is 241 g/mol. The highest BCUT2D eigenvalue weighted by Crippen LogP contribution is 2.18. The van der Waals surface area contributed by atoms with Crippen LogP contribution in [0.5, 0.6) is 0 Å². The number of aliphatic hydroxyl groups is 1. The summed E-state index contributed by atoms with van der Waals surface area (Å²) in [6.45, 7) is 10.6. The lowest BCUT2D eigenvalue weighted by molar-refractivity contribution is 0.0000621. The molecule has 1 aliphatic heterocycles. The number of ether oxygens (including phenoxy) is 1. The Hall–Kier alpha value is -0.380. The van der Waals surface area contributed by atoms with Crippen LogP contribution in [0.15, 0.2) is 12.7 Å². The minimum Gasteiger partial charge on any atom is -0.392 e. The Kier molecular flexibility index (Phi) is 6.78. The second kappa shape index (κ2) is 7.85. The van der Waals surface area contributed by atoms with Gasteiger partial charge in [-0.3, -0.25) is 4.90 Å². The molecule has 3 heteroatoms. The highest BCUT2D eigenvalue weighted by atomic mass is 16.5. The Morgan fingerprint density at radius 1 is 1.41 bits per heavy atom. The summed E-state index contributed by atoms with van der Waals surface area (Å²) >= 11 is 0. The molecule has 100 valence electrons. The molecule has 1 N–H and O–H groups in total. The van der Waals surface area contributed by atoms with Gasteiger partial charge in [0.15, 0.2) is 0 Å². The normalized spacial score (nSPS) is 19.8. The molecular formula is C14H27NO2. The molecular weight excluding hydrogens is 214 g/mol. The third-order valence-corrected chi connectivity index (χ3v) is 3.45. The molecule has 0 spiro atoms. The van der Waals surface area contributed by atoms with Gasteiger partial charge in [-0.1, -0.05) is 6.08 Å². The zero-order chi connectivity index (χ0) is 12.7. The van der Waals surface area contributed by atoms with Crippen molar-refractivity contribution in [2.24, 2.45) is 0 Å². The molecule has 17 heavy (non-hydrogen) atoms. The van der Waals surface area contributed by atoms with Gasteiger partial charge in [0, 0.05) is 31.8 Å². The van der Waals surface area contributed by atoms with Gasteiger partial charge in [0.25, 0.3) is 0 Å². The van der Waals surface area contributed by atoms with E-state index in [1.165, 1.54) is 0 Å². The van der Waals surface area contributed by atoms with Gasteiger partial charge in [-0.25, -0.2) is 0 Å². The van der Waals surface area contributed by atoms with Crippen molar-refractivity contribution >= 4 is 0 Å². The fourth-order valence-corrected chi connectivity index (χ4v) is 2.44. The van der Waals surface area contributed by atoms with Gasteiger partial charge in [-0.15, -0.1) is 6.58 Å². The van der Waals surface area contributed by atoms with Gasteiger partial charge in [0.05, 0.1) is 6.10 Å². The molecule has 1 heterocycles. The summed E-state index contributed by atoms with van der Waals surface area (Å²) in [5, 5.41) is 10.0. The fourth-order valence-electron chi connectivity index (χ4n) is 2.44. The summed E-state index contributed by atoms with van der Waals surface area (Å²) < 4.78 is 5.40. The second-order valence-corrected chi connectivity index (χ2v) is 5.15. The van der Waals surface area contributed by atoms with E-state index in [0.29, 0.717) is 12.1 Å². The molecule has 1 unspecified atom stereocenters. The largest absolute Gasteiger partial charge is 0.392 e. The monoisotopic (exact) mass is 241 g/mol. The fraction of sp³-hybridized carbons (Fsp3) is 0.857. The molecule has 0 aromatic rings. The standard InChI is InChI=1S/C14H27NO2/c1-4-5-6-14(16)11-15(12(2)3)13-7-9-17-10-8-13/h4,12-14,16H,1,5-11H2,2-3H3. The number of aliphatic hydroxyl groups excluding tert-OH is 1. The summed E-state index contributed by atoms with van der Waals surface area (Å²) in [6, 6.07) is 1.05. The van der Waals surface area contributed by atoms with Crippen LogP contribution in [0, 0.1) is 0 Å². The number of rotatable bonds is 7. The van der Waals surface area contributed by atoms with Crippen LogP contribution in [0.2, 0.25) is 0 Å². The molecule has 1 rings (SSSR count). The van der Waals surface area contributed by atoms with Gasteiger partial charge in [0.2, 0.25) is 0 Å². The first-order valence-electron chi connectivity index (χ1n) is 6.77. The summed E-state index contributed by atoms with van der Waals surface area (Å²) in [7, 11) is 0. The minimum absolute atomic E-state index is 0.238. The van der Waals surface area contributed by atoms with E-state index >= 15 is 0 Å². The predicted molar refractivity (Wildman–Crippen MR) is 71.1 cm³/mol. The van der Waals surface area contributed by atoms with Gasteiger partial charge >= 0.3 is 0 Å². The number of nitrogens with zero attached hydrogens (tertiary/aromatic N) is 1. The molecule has 0 amide bonds. The SMILES string of the molecule is C=CCCC(O)CN(C(C)C)C1CCOCC1. The zero-order valence-electron chi connectivity index (χ0n) is 11.3. The van der Waals surface area contributed by atoms with E-state index in [1.807, 2.05) is 6.08 Å². The molecule has 1 aliphatic rings. The van der Waals surface area contributed by atoms with E-state index in [0.717, 1.165) is 45.4 Å². The molecule has 0 aliphatic carbocycles. The number of hydrogen-bond donors (Lipinski definition) is 1. The van der Waals surface area contributed by atoms with Crippen molar-refractivity contribution in [2.45, 2.75) is 57.7 Å². The molecule has 1 atom stereocenters. The molecule has 0 aromatic heterocycles. The van der Waals surface area contributed by atoms with Crippen molar-refractivity contribution in [2.75, 3.05) is 19.8 Å². The van der Waals surface area contributed by atoms with Crippen molar-refractivity contribution in [1.82, 2.24) is 4.90 Å². The summed E-state index contributed by atoms with van der Waals surface area (Å²) in [5.41, 5.74) is 0. The van der Waals surface area contributed by atoms with E-state index in [-0.39, 0.29) is 6.10 Å². The quantitative estimate of drug-likeness (QED) is 0.694. The van der Waals surface area contributed by atoms with Crippen molar-refractivity contribution < 1.29 is 9.84 Å². The summed E-state index contributed by atoms with van der Waals surface area (Å²) in [5.74, 6) is 0. The molecule has 0 bridgehead atoms. The van der Waals surface area contributed by atoms with Crippen LogP contribution in [0.4, 0.5) is 0 Å². The van der Waals surface area contributed by atoms with Crippen LogP contribution in [0.1, 0.15) is 39.5 Å². The lowest BCUT2D eigenvalue weighted by Crippen LogP contribution is -2.47. The Labute approximate surface area is 105 Å². The Morgan fingerprint density at radius 3 is 2.59 bits per heavy atom. The first kappa shape index (κ1) is 14.7. The van der Waals surface area contributed by atoms with Crippen molar-refractivity contribution in [3.63, 3.8) is 0 Å². The van der Waals surface area contributed by atoms with Gasteiger partial charge in [-0.2, -0.15) is 0 Å². The summed E-state index contributed by atoms with van der Waals surface area (Å²) in [6.07, 6.45) is 5.52. The summed E-state index contributed by atoms with van der Waals surface area (Å²) in [4.78, 5) is 2.43.